The Bertz CT molecular complexity index is 1330. The number of fused-ring (bicyclic) bond motifs is 1. The van der Waals surface area contributed by atoms with Gasteiger partial charge >= 0.3 is 0 Å². The summed E-state index contributed by atoms with van der Waals surface area (Å²) in [6, 6.07) is 10.2. The van der Waals surface area contributed by atoms with Crippen molar-refractivity contribution in [3.63, 3.8) is 0 Å². The van der Waals surface area contributed by atoms with Crippen LogP contribution in [-0.4, -0.2) is 38.7 Å². The van der Waals surface area contributed by atoms with E-state index in [0.29, 0.717) is 42.6 Å². The molecule has 1 aliphatic carbocycles. The summed E-state index contributed by atoms with van der Waals surface area (Å²) in [5, 5.41) is 4.71. The Morgan fingerprint density at radius 3 is 2.48 bits per heavy atom. The normalized spacial score (nSPS) is 20.6. The van der Waals surface area contributed by atoms with Gasteiger partial charge in [0.1, 0.15) is 17.5 Å². The number of nitrogens with zero attached hydrogens (tertiary/aromatic N) is 3. The Kier molecular flexibility index (Phi) is 4.57. The molecular weight excluding hydrogens is 429 g/mol. The molecule has 1 N–H and O–H groups in total. The number of amides is 1. The average Bonchev–Trinajstić information content (AvgIpc) is 3.36. The van der Waals surface area contributed by atoms with E-state index in [-0.39, 0.29) is 35.1 Å². The lowest BCUT2D eigenvalue weighted by atomic mass is 9.69. The van der Waals surface area contributed by atoms with Gasteiger partial charge in [-0.1, -0.05) is 0 Å². The molecule has 33 heavy (non-hydrogen) atoms. The third-order valence-electron chi connectivity index (χ3n) is 6.97. The van der Waals surface area contributed by atoms with Gasteiger partial charge in [-0.25, -0.2) is 13.2 Å². The second kappa shape index (κ2) is 7.50. The fourth-order valence-electron chi connectivity index (χ4n) is 5.12. The summed E-state index contributed by atoms with van der Waals surface area (Å²) >= 11 is 0. The van der Waals surface area contributed by atoms with E-state index in [1.54, 1.807) is 18.3 Å². The predicted molar refractivity (Wildman–Crippen MR) is 117 cm³/mol. The highest BCUT2D eigenvalue weighted by Gasteiger charge is 2.43. The molecule has 0 atom stereocenters. The fourth-order valence-corrected chi connectivity index (χ4v) is 5.12. The van der Waals surface area contributed by atoms with Gasteiger partial charge in [0.2, 0.25) is 5.91 Å². The monoisotopic (exact) mass is 450 g/mol. The molecule has 5 nitrogen and oxygen atoms in total. The van der Waals surface area contributed by atoms with E-state index in [2.05, 4.69) is 10.1 Å². The van der Waals surface area contributed by atoms with Crippen LogP contribution in [0.3, 0.4) is 0 Å². The van der Waals surface area contributed by atoms with E-state index in [1.165, 1.54) is 18.2 Å². The van der Waals surface area contributed by atoms with Gasteiger partial charge in [0.15, 0.2) is 0 Å². The van der Waals surface area contributed by atoms with Crippen LogP contribution in [-0.2, 0) is 4.79 Å². The summed E-state index contributed by atoms with van der Waals surface area (Å²) in [5.41, 5.74) is 2.36. The van der Waals surface area contributed by atoms with Crippen LogP contribution in [0.2, 0.25) is 0 Å². The topological polar surface area (TPSA) is 53.9 Å². The van der Waals surface area contributed by atoms with Crippen molar-refractivity contribution in [1.29, 1.82) is 0 Å². The lowest BCUT2D eigenvalue weighted by Gasteiger charge is -2.44. The van der Waals surface area contributed by atoms with Crippen molar-refractivity contribution in [2.45, 2.75) is 24.8 Å². The molecule has 6 rings (SSSR count). The minimum absolute atomic E-state index is 0.0165. The van der Waals surface area contributed by atoms with E-state index in [9.17, 15) is 18.0 Å². The number of aromatic amines is 1. The summed E-state index contributed by atoms with van der Waals surface area (Å²) in [5.74, 6) is -1.70. The Morgan fingerprint density at radius 2 is 1.79 bits per heavy atom. The van der Waals surface area contributed by atoms with Crippen molar-refractivity contribution in [2.24, 2.45) is 5.92 Å². The van der Waals surface area contributed by atoms with Gasteiger partial charge in [0.05, 0.1) is 17.3 Å². The van der Waals surface area contributed by atoms with Crippen LogP contribution in [0, 0.1) is 23.4 Å². The predicted octanol–water partition coefficient (Wildman–Crippen LogP) is 5.03. The van der Waals surface area contributed by atoms with Crippen molar-refractivity contribution in [3.8, 4) is 11.3 Å². The molecule has 4 aromatic rings. The lowest BCUT2D eigenvalue weighted by Crippen LogP contribution is -2.54. The average molecular weight is 450 g/mol. The third-order valence-corrected chi connectivity index (χ3v) is 6.97. The highest BCUT2D eigenvalue weighted by atomic mass is 19.1. The van der Waals surface area contributed by atoms with E-state index in [4.69, 9.17) is 0 Å². The van der Waals surface area contributed by atoms with Gasteiger partial charge in [-0.05, 0) is 66.3 Å². The van der Waals surface area contributed by atoms with Crippen LogP contribution >= 0.6 is 0 Å². The van der Waals surface area contributed by atoms with Gasteiger partial charge in [-0.3, -0.25) is 9.48 Å². The van der Waals surface area contributed by atoms with Crippen molar-refractivity contribution >= 4 is 16.8 Å². The van der Waals surface area contributed by atoms with E-state index in [0.717, 1.165) is 11.6 Å². The Labute approximate surface area is 187 Å². The molecule has 0 unspecified atom stereocenters. The SMILES string of the molecule is O=C(C1CC(c2c(-c3ccc(F)cc3)[nH]c3c(F)cc(F)cc23)C1)N1CC(n2cccn2)C1. The Morgan fingerprint density at radius 1 is 1.03 bits per heavy atom. The first-order valence-electron chi connectivity index (χ1n) is 11.0. The Balaban J connectivity index is 1.25. The molecule has 2 aliphatic rings. The number of likely N-dealkylation sites (tertiary alicyclic amines) is 1. The zero-order chi connectivity index (χ0) is 22.7. The quantitative estimate of drug-likeness (QED) is 0.474. The number of hydrogen-bond donors (Lipinski definition) is 1. The van der Waals surface area contributed by atoms with Crippen LogP contribution in [0.1, 0.15) is 30.4 Å². The molecule has 1 amide bonds. The van der Waals surface area contributed by atoms with Gasteiger partial charge < -0.3 is 9.88 Å². The third kappa shape index (κ3) is 3.32. The fraction of sp³-hybridized carbons (Fsp3) is 0.280. The van der Waals surface area contributed by atoms with Crippen LogP contribution in [0.15, 0.2) is 54.9 Å². The highest BCUT2D eigenvalue weighted by Crippen LogP contribution is 2.49. The van der Waals surface area contributed by atoms with E-state index < -0.39 is 11.6 Å². The highest BCUT2D eigenvalue weighted by molar-refractivity contribution is 5.92. The van der Waals surface area contributed by atoms with Gasteiger partial charge in [-0.2, -0.15) is 5.10 Å². The zero-order valence-electron chi connectivity index (χ0n) is 17.6. The summed E-state index contributed by atoms with van der Waals surface area (Å²) in [4.78, 5) is 17.9. The van der Waals surface area contributed by atoms with Crippen molar-refractivity contribution in [2.75, 3.05) is 13.1 Å². The molecule has 2 fully saturated rings. The van der Waals surface area contributed by atoms with Crippen molar-refractivity contribution in [3.05, 3.63) is 77.9 Å². The van der Waals surface area contributed by atoms with Crippen LogP contribution in [0.4, 0.5) is 13.2 Å². The summed E-state index contributed by atoms with van der Waals surface area (Å²) < 4.78 is 43.9. The number of aromatic nitrogens is 3. The minimum atomic E-state index is -0.670. The first-order valence-corrected chi connectivity index (χ1v) is 11.0. The van der Waals surface area contributed by atoms with Gasteiger partial charge in [-0.15, -0.1) is 0 Å². The number of halogens is 3. The van der Waals surface area contributed by atoms with Gasteiger partial charge in [0.25, 0.3) is 0 Å². The molecule has 3 heterocycles. The number of rotatable bonds is 4. The number of carbonyl (C=O) groups excluding carboxylic acids is 1. The molecule has 2 aromatic heterocycles. The minimum Gasteiger partial charge on any atom is -0.352 e. The van der Waals surface area contributed by atoms with Crippen LogP contribution in [0.5, 0.6) is 0 Å². The molecule has 2 aromatic carbocycles. The molecule has 0 spiro atoms. The number of hydrogen-bond acceptors (Lipinski definition) is 2. The first-order chi connectivity index (χ1) is 16.0. The van der Waals surface area contributed by atoms with E-state index in [1.807, 2.05) is 21.8 Å². The second-order valence-electron chi connectivity index (χ2n) is 8.98. The Hall–Kier alpha value is -3.55. The molecule has 1 saturated heterocycles. The smallest absolute Gasteiger partial charge is 0.225 e. The molecule has 1 aliphatic heterocycles. The summed E-state index contributed by atoms with van der Waals surface area (Å²) in [7, 11) is 0. The van der Waals surface area contributed by atoms with Crippen LogP contribution in [0.25, 0.3) is 22.2 Å². The molecule has 0 bridgehead atoms. The second-order valence-corrected chi connectivity index (χ2v) is 8.98. The summed E-state index contributed by atoms with van der Waals surface area (Å²) in [6.45, 7) is 1.29. The maximum absolute atomic E-state index is 14.5. The van der Waals surface area contributed by atoms with Crippen molar-refractivity contribution < 1.29 is 18.0 Å². The molecule has 168 valence electrons. The lowest BCUT2D eigenvalue weighted by molar-refractivity contribution is -0.145. The molecular formula is C25H21F3N4O. The van der Waals surface area contributed by atoms with Crippen molar-refractivity contribution in [1.82, 2.24) is 19.7 Å². The number of nitrogens with one attached hydrogen (secondary N) is 1. The van der Waals surface area contributed by atoms with Gasteiger partial charge in [0, 0.05) is 42.9 Å². The number of benzene rings is 2. The number of H-pyrrole nitrogens is 1. The first kappa shape index (κ1) is 20.1. The molecule has 1 saturated carbocycles. The molecule has 8 heteroatoms. The maximum atomic E-state index is 14.5. The maximum Gasteiger partial charge on any atom is 0.225 e. The molecule has 0 radical (unpaired) electrons. The number of carbonyl (C=O) groups is 1. The van der Waals surface area contributed by atoms with Crippen LogP contribution < -0.4 is 0 Å². The summed E-state index contributed by atoms with van der Waals surface area (Å²) in [6.07, 6.45) is 4.85. The zero-order valence-corrected chi connectivity index (χ0v) is 17.6. The van der Waals surface area contributed by atoms with E-state index >= 15 is 0 Å². The standard InChI is InChI=1S/C25H21F3N4O/c26-17-4-2-14(3-5-17)23-22(20-10-18(27)11-21(28)24(20)30-23)15-8-16(9-15)25(33)31-12-19(13-31)32-7-1-6-29-32/h1-7,10-11,15-16,19,30H,8-9,12-13H2. The largest absolute Gasteiger partial charge is 0.352 e.